The standard InChI is InChI=1S/C17H20FNO/c1-12(16-6-4-5-7-17(16)18)19(3)15-10-8-14(9-11-15)13(2)20/h4-13,20H,1-3H3/t12?,13-/m0/s1. The Kier molecular flexibility index (Phi) is 4.40. The first kappa shape index (κ1) is 14.5. The lowest BCUT2D eigenvalue weighted by atomic mass is 10.1. The van der Waals surface area contributed by atoms with Gasteiger partial charge < -0.3 is 10.0 Å². The quantitative estimate of drug-likeness (QED) is 0.907. The van der Waals surface area contributed by atoms with Crippen molar-refractivity contribution < 1.29 is 9.50 Å². The van der Waals surface area contributed by atoms with Crippen molar-refractivity contribution in [3.63, 3.8) is 0 Å². The van der Waals surface area contributed by atoms with Crippen molar-refractivity contribution in [2.45, 2.75) is 26.0 Å². The molecule has 0 spiro atoms. The highest BCUT2D eigenvalue weighted by Crippen LogP contribution is 2.27. The van der Waals surface area contributed by atoms with Crippen LogP contribution in [0.5, 0.6) is 0 Å². The molecule has 0 radical (unpaired) electrons. The zero-order valence-electron chi connectivity index (χ0n) is 12.0. The van der Waals surface area contributed by atoms with Crippen LogP contribution in [0, 0.1) is 5.82 Å². The summed E-state index contributed by atoms with van der Waals surface area (Å²) in [4.78, 5) is 2.02. The van der Waals surface area contributed by atoms with Crippen LogP contribution in [-0.2, 0) is 0 Å². The summed E-state index contributed by atoms with van der Waals surface area (Å²) in [7, 11) is 1.94. The van der Waals surface area contributed by atoms with E-state index < -0.39 is 6.10 Å². The first-order valence-electron chi connectivity index (χ1n) is 6.76. The van der Waals surface area contributed by atoms with Crippen LogP contribution >= 0.6 is 0 Å². The number of aliphatic hydroxyl groups excluding tert-OH is 1. The summed E-state index contributed by atoms with van der Waals surface area (Å²) in [6.07, 6.45) is -0.474. The van der Waals surface area contributed by atoms with Gasteiger partial charge in [-0.15, -0.1) is 0 Å². The topological polar surface area (TPSA) is 23.5 Å². The number of hydrogen-bond acceptors (Lipinski definition) is 2. The van der Waals surface area contributed by atoms with Crippen molar-refractivity contribution in [2.75, 3.05) is 11.9 Å². The van der Waals surface area contributed by atoms with Gasteiger partial charge in [-0.3, -0.25) is 0 Å². The van der Waals surface area contributed by atoms with Crippen molar-refractivity contribution in [3.8, 4) is 0 Å². The maximum absolute atomic E-state index is 13.8. The van der Waals surface area contributed by atoms with Gasteiger partial charge in [0.05, 0.1) is 12.1 Å². The number of rotatable bonds is 4. The molecule has 0 aliphatic carbocycles. The van der Waals surface area contributed by atoms with E-state index in [2.05, 4.69) is 0 Å². The van der Waals surface area contributed by atoms with Gasteiger partial charge in [-0.05, 0) is 37.6 Å². The van der Waals surface area contributed by atoms with Crippen molar-refractivity contribution in [1.82, 2.24) is 0 Å². The Morgan fingerprint density at radius 3 is 2.15 bits per heavy atom. The summed E-state index contributed by atoms with van der Waals surface area (Å²) < 4.78 is 13.8. The molecular formula is C17H20FNO. The van der Waals surface area contributed by atoms with Gasteiger partial charge >= 0.3 is 0 Å². The van der Waals surface area contributed by atoms with E-state index >= 15 is 0 Å². The van der Waals surface area contributed by atoms with Gasteiger partial charge in [-0.25, -0.2) is 4.39 Å². The van der Waals surface area contributed by atoms with Crippen LogP contribution in [0.25, 0.3) is 0 Å². The molecule has 1 N–H and O–H groups in total. The molecule has 0 saturated carbocycles. The molecule has 0 fully saturated rings. The van der Waals surface area contributed by atoms with Crippen molar-refractivity contribution in [3.05, 3.63) is 65.5 Å². The molecule has 2 nitrogen and oxygen atoms in total. The van der Waals surface area contributed by atoms with Gasteiger partial charge in [0.15, 0.2) is 0 Å². The summed E-state index contributed by atoms with van der Waals surface area (Å²) in [5, 5.41) is 9.51. The lowest BCUT2D eigenvalue weighted by Crippen LogP contribution is -2.22. The highest BCUT2D eigenvalue weighted by molar-refractivity contribution is 5.49. The molecule has 0 aliphatic rings. The minimum absolute atomic E-state index is 0.0615. The van der Waals surface area contributed by atoms with E-state index in [0.717, 1.165) is 11.3 Å². The summed E-state index contributed by atoms with van der Waals surface area (Å²) in [6.45, 7) is 3.71. The van der Waals surface area contributed by atoms with Crippen LogP contribution in [0.3, 0.4) is 0 Å². The average molecular weight is 273 g/mol. The molecule has 2 aromatic carbocycles. The van der Waals surface area contributed by atoms with Crippen LogP contribution in [0.2, 0.25) is 0 Å². The smallest absolute Gasteiger partial charge is 0.128 e. The van der Waals surface area contributed by atoms with Crippen LogP contribution < -0.4 is 4.90 Å². The fourth-order valence-electron chi connectivity index (χ4n) is 2.23. The normalized spacial score (nSPS) is 13.8. The molecule has 3 heteroatoms. The number of nitrogens with zero attached hydrogens (tertiary/aromatic N) is 1. The zero-order valence-corrected chi connectivity index (χ0v) is 12.0. The summed E-state index contributed by atoms with van der Waals surface area (Å²) in [5.74, 6) is -0.188. The zero-order chi connectivity index (χ0) is 14.7. The third-order valence-electron chi connectivity index (χ3n) is 3.72. The predicted octanol–water partition coefficient (Wildman–Crippen LogP) is 4.08. The third kappa shape index (κ3) is 2.99. The van der Waals surface area contributed by atoms with Gasteiger partial charge in [-0.1, -0.05) is 30.3 Å². The van der Waals surface area contributed by atoms with Gasteiger partial charge in [0.25, 0.3) is 0 Å². The van der Waals surface area contributed by atoms with E-state index in [1.165, 1.54) is 6.07 Å². The molecule has 2 rings (SSSR count). The van der Waals surface area contributed by atoms with E-state index in [1.807, 2.05) is 49.2 Å². The molecule has 2 aromatic rings. The third-order valence-corrected chi connectivity index (χ3v) is 3.72. The Bertz CT molecular complexity index is 565. The number of halogens is 1. The number of anilines is 1. The van der Waals surface area contributed by atoms with Crippen LogP contribution in [-0.4, -0.2) is 12.2 Å². The number of hydrogen-bond donors (Lipinski definition) is 1. The monoisotopic (exact) mass is 273 g/mol. The highest BCUT2D eigenvalue weighted by atomic mass is 19.1. The fourth-order valence-corrected chi connectivity index (χ4v) is 2.23. The van der Waals surface area contributed by atoms with Gasteiger partial charge in [0.2, 0.25) is 0 Å². The number of benzene rings is 2. The lowest BCUT2D eigenvalue weighted by molar-refractivity contribution is 0.199. The molecule has 20 heavy (non-hydrogen) atoms. The van der Waals surface area contributed by atoms with E-state index in [1.54, 1.807) is 19.1 Å². The molecule has 0 bridgehead atoms. The number of aliphatic hydroxyl groups is 1. The van der Waals surface area contributed by atoms with E-state index in [-0.39, 0.29) is 11.9 Å². The Morgan fingerprint density at radius 1 is 1.00 bits per heavy atom. The molecule has 1 unspecified atom stereocenters. The first-order chi connectivity index (χ1) is 9.50. The molecule has 2 atom stereocenters. The van der Waals surface area contributed by atoms with Crippen molar-refractivity contribution >= 4 is 5.69 Å². The van der Waals surface area contributed by atoms with Gasteiger partial charge in [-0.2, -0.15) is 0 Å². The van der Waals surface area contributed by atoms with Gasteiger partial charge in [0, 0.05) is 18.3 Å². The first-order valence-corrected chi connectivity index (χ1v) is 6.76. The Labute approximate surface area is 119 Å². The second kappa shape index (κ2) is 6.06. The lowest BCUT2D eigenvalue weighted by Gasteiger charge is -2.28. The minimum atomic E-state index is -0.474. The SMILES string of the molecule is CC(c1ccccc1F)N(C)c1ccc([C@H](C)O)cc1. The minimum Gasteiger partial charge on any atom is -0.389 e. The van der Waals surface area contributed by atoms with Crippen molar-refractivity contribution in [2.24, 2.45) is 0 Å². The van der Waals surface area contributed by atoms with Crippen LogP contribution in [0.4, 0.5) is 10.1 Å². The van der Waals surface area contributed by atoms with E-state index in [0.29, 0.717) is 5.56 Å². The van der Waals surface area contributed by atoms with Gasteiger partial charge in [0.1, 0.15) is 5.82 Å². The molecule has 0 aliphatic heterocycles. The van der Waals surface area contributed by atoms with Crippen LogP contribution in [0.15, 0.2) is 48.5 Å². The van der Waals surface area contributed by atoms with Crippen LogP contribution in [0.1, 0.15) is 37.1 Å². The highest BCUT2D eigenvalue weighted by Gasteiger charge is 2.15. The Morgan fingerprint density at radius 2 is 1.60 bits per heavy atom. The molecule has 0 saturated heterocycles. The summed E-state index contributed by atoms with van der Waals surface area (Å²) >= 11 is 0. The molecule has 0 heterocycles. The largest absolute Gasteiger partial charge is 0.389 e. The fraction of sp³-hybridized carbons (Fsp3) is 0.294. The molecule has 0 amide bonds. The summed E-state index contributed by atoms with van der Waals surface area (Å²) in [6, 6.07) is 14.4. The maximum Gasteiger partial charge on any atom is 0.128 e. The Hall–Kier alpha value is -1.87. The second-order valence-corrected chi connectivity index (χ2v) is 5.08. The average Bonchev–Trinajstić information content (AvgIpc) is 2.46. The second-order valence-electron chi connectivity index (χ2n) is 5.08. The van der Waals surface area contributed by atoms with E-state index in [4.69, 9.17) is 0 Å². The predicted molar refractivity (Wildman–Crippen MR) is 80.3 cm³/mol. The van der Waals surface area contributed by atoms with E-state index in [9.17, 15) is 9.50 Å². The molecule has 0 aromatic heterocycles. The maximum atomic E-state index is 13.8. The Balaban J connectivity index is 2.22. The summed E-state index contributed by atoms with van der Waals surface area (Å²) in [5.41, 5.74) is 2.54. The molecular weight excluding hydrogens is 253 g/mol. The van der Waals surface area contributed by atoms with Crippen molar-refractivity contribution in [1.29, 1.82) is 0 Å². The molecule has 106 valence electrons.